The zero-order valence-corrected chi connectivity index (χ0v) is 20.8. The van der Waals surface area contributed by atoms with Crippen LogP contribution in [0.5, 0.6) is 0 Å². The number of rotatable bonds is 9. The van der Waals surface area contributed by atoms with Gasteiger partial charge in [-0.2, -0.15) is 0 Å². The van der Waals surface area contributed by atoms with Crippen LogP contribution in [-0.4, -0.2) is 55.4 Å². The number of esters is 1. The fourth-order valence-corrected chi connectivity index (χ4v) is 4.70. The topological polar surface area (TPSA) is 132 Å². The van der Waals surface area contributed by atoms with Crippen molar-refractivity contribution in [2.45, 2.75) is 37.7 Å². The molecule has 0 atom stereocenters. The number of anilines is 1. The van der Waals surface area contributed by atoms with Crippen molar-refractivity contribution in [1.82, 2.24) is 9.88 Å². The molecule has 9 nitrogen and oxygen atoms in total. The fourth-order valence-electron chi connectivity index (χ4n) is 3.46. The molecule has 1 amide bonds. The minimum Gasteiger partial charge on any atom is -0.460 e. The molecule has 0 aliphatic rings. The van der Waals surface area contributed by atoms with Crippen molar-refractivity contribution in [3.8, 4) is 0 Å². The van der Waals surface area contributed by atoms with Crippen LogP contribution in [0, 0.1) is 0 Å². The zero-order chi connectivity index (χ0) is 25.6. The van der Waals surface area contributed by atoms with Gasteiger partial charge in [0, 0.05) is 42.5 Å². The molecule has 2 aromatic carbocycles. The van der Waals surface area contributed by atoms with Crippen molar-refractivity contribution in [3.63, 3.8) is 0 Å². The van der Waals surface area contributed by atoms with E-state index in [1.54, 1.807) is 45.0 Å². The zero-order valence-electron chi connectivity index (χ0n) is 20.0. The number of nitrogens with one attached hydrogen (secondary N) is 1. The molecule has 1 aromatic heterocycles. The molecule has 186 valence electrons. The van der Waals surface area contributed by atoms with E-state index in [1.165, 1.54) is 41.4 Å². The normalized spacial score (nSPS) is 11.8. The highest BCUT2D eigenvalue weighted by atomic mass is 32.2. The summed E-state index contributed by atoms with van der Waals surface area (Å²) < 4.78 is 33.8. The van der Waals surface area contributed by atoms with Crippen LogP contribution in [0.3, 0.4) is 0 Å². The molecular formula is C25H30N4O5S. The van der Waals surface area contributed by atoms with E-state index in [-0.39, 0.29) is 36.9 Å². The van der Waals surface area contributed by atoms with Crippen LogP contribution < -0.4 is 10.5 Å². The van der Waals surface area contributed by atoms with Crippen LogP contribution in [-0.2, 0) is 19.6 Å². The number of aromatic nitrogens is 1. The second-order valence-corrected chi connectivity index (χ2v) is 10.6. The minimum atomic E-state index is -3.91. The SMILES string of the molecule is CC(C)(C)OC(=O)CCN(CCN)C(=O)c1ccc(NS(=O)(=O)c2cccc3cccnc23)cc1. The number of nitrogens with two attached hydrogens (primary N) is 1. The van der Waals surface area contributed by atoms with E-state index < -0.39 is 21.6 Å². The van der Waals surface area contributed by atoms with Crippen molar-refractivity contribution in [2.24, 2.45) is 5.73 Å². The highest BCUT2D eigenvalue weighted by molar-refractivity contribution is 7.93. The van der Waals surface area contributed by atoms with Crippen molar-refractivity contribution >= 4 is 38.5 Å². The van der Waals surface area contributed by atoms with Gasteiger partial charge in [0.15, 0.2) is 0 Å². The predicted octanol–water partition coefficient (Wildman–Crippen LogP) is 3.17. The first-order chi connectivity index (χ1) is 16.5. The third-order valence-electron chi connectivity index (χ3n) is 4.96. The van der Waals surface area contributed by atoms with Crippen LogP contribution in [0.15, 0.2) is 65.7 Å². The number of hydrogen-bond acceptors (Lipinski definition) is 7. The summed E-state index contributed by atoms with van der Waals surface area (Å²) in [4.78, 5) is 30.7. The lowest BCUT2D eigenvalue weighted by Crippen LogP contribution is -2.37. The van der Waals surface area contributed by atoms with Crippen LogP contribution in [0.2, 0.25) is 0 Å². The van der Waals surface area contributed by atoms with Gasteiger partial charge in [0.1, 0.15) is 10.5 Å². The minimum absolute atomic E-state index is 0.0416. The maximum atomic E-state index is 13.0. The summed E-state index contributed by atoms with van der Waals surface area (Å²) in [5.74, 6) is -0.716. The average Bonchev–Trinajstić information content (AvgIpc) is 2.80. The first-order valence-electron chi connectivity index (χ1n) is 11.2. The van der Waals surface area contributed by atoms with Gasteiger partial charge >= 0.3 is 5.97 Å². The number of nitrogens with zero attached hydrogens (tertiary/aromatic N) is 2. The molecule has 3 aromatic rings. The van der Waals surface area contributed by atoms with Crippen molar-refractivity contribution < 1.29 is 22.7 Å². The summed E-state index contributed by atoms with van der Waals surface area (Å²) in [6, 6.07) is 14.5. The summed E-state index contributed by atoms with van der Waals surface area (Å²) in [6.45, 7) is 6.00. The Labute approximate surface area is 205 Å². The largest absolute Gasteiger partial charge is 0.460 e. The van der Waals surface area contributed by atoms with E-state index in [2.05, 4.69) is 9.71 Å². The quantitative estimate of drug-likeness (QED) is 0.433. The summed E-state index contributed by atoms with van der Waals surface area (Å²) in [5.41, 5.74) is 6.06. The Bertz CT molecular complexity index is 1300. The molecule has 0 bridgehead atoms. The lowest BCUT2D eigenvalue weighted by atomic mass is 10.1. The summed E-state index contributed by atoms with van der Waals surface area (Å²) in [5, 5.41) is 0.711. The smallest absolute Gasteiger partial charge is 0.308 e. The molecule has 0 aliphatic heterocycles. The van der Waals surface area contributed by atoms with E-state index in [0.29, 0.717) is 22.2 Å². The molecule has 3 rings (SSSR count). The molecule has 0 fully saturated rings. The van der Waals surface area contributed by atoms with E-state index in [4.69, 9.17) is 10.5 Å². The molecule has 35 heavy (non-hydrogen) atoms. The second-order valence-electron chi connectivity index (χ2n) is 8.93. The standard InChI is InChI=1S/C25H30N4O5S/c1-25(2,3)34-22(30)13-16-29(17-14-26)24(31)19-9-11-20(12-10-19)28-35(32,33)21-8-4-6-18-7-5-15-27-23(18)21/h4-12,15,28H,13-14,16-17,26H2,1-3H3. The molecular weight excluding hydrogens is 468 g/mol. The number of benzene rings is 2. The third kappa shape index (κ3) is 7.00. The maximum absolute atomic E-state index is 13.0. The van der Waals surface area contributed by atoms with Gasteiger partial charge in [0.05, 0.1) is 11.9 Å². The Morgan fingerprint density at radius 1 is 1.03 bits per heavy atom. The average molecular weight is 499 g/mol. The van der Waals surface area contributed by atoms with Gasteiger partial charge in [-0.1, -0.05) is 18.2 Å². The number of fused-ring (bicyclic) bond motifs is 1. The molecule has 0 aliphatic carbocycles. The monoisotopic (exact) mass is 498 g/mol. The van der Waals surface area contributed by atoms with Crippen molar-refractivity contribution in [3.05, 3.63) is 66.4 Å². The van der Waals surface area contributed by atoms with Crippen LogP contribution in [0.25, 0.3) is 10.9 Å². The number of pyridine rings is 1. The number of carbonyl (C=O) groups excluding carboxylic acids is 2. The Kier molecular flexibility index (Phi) is 8.08. The van der Waals surface area contributed by atoms with Gasteiger partial charge < -0.3 is 15.4 Å². The molecule has 0 spiro atoms. The maximum Gasteiger partial charge on any atom is 0.308 e. The fraction of sp³-hybridized carbons (Fsp3) is 0.320. The molecule has 10 heteroatoms. The Hall–Kier alpha value is -3.50. The summed E-state index contributed by atoms with van der Waals surface area (Å²) in [7, 11) is -3.91. The van der Waals surface area contributed by atoms with Gasteiger partial charge in [-0.15, -0.1) is 0 Å². The second kappa shape index (κ2) is 10.8. The first kappa shape index (κ1) is 26.1. The van der Waals surface area contributed by atoms with E-state index in [1.807, 2.05) is 0 Å². The Morgan fingerprint density at radius 2 is 1.71 bits per heavy atom. The van der Waals surface area contributed by atoms with Gasteiger partial charge in [-0.05, 0) is 57.2 Å². The molecule has 0 saturated heterocycles. The molecule has 0 unspecified atom stereocenters. The van der Waals surface area contributed by atoms with E-state index in [9.17, 15) is 18.0 Å². The third-order valence-corrected chi connectivity index (χ3v) is 6.37. The van der Waals surface area contributed by atoms with Crippen LogP contribution >= 0.6 is 0 Å². The van der Waals surface area contributed by atoms with Crippen LogP contribution in [0.1, 0.15) is 37.6 Å². The lowest BCUT2D eigenvalue weighted by Gasteiger charge is -2.24. The van der Waals surface area contributed by atoms with Gasteiger partial charge in [-0.25, -0.2) is 8.42 Å². The molecule has 1 heterocycles. The predicted molar refractivity (Wildman–Crippen MR) is 134 cm³/mol. The van der Waals surface area contributed by atoms with Gasteiger partial charge in [0.2, 0.25) is 0 Å². The highest BCUT2D eigenvalue weighted by Crippen LogP contribution is 2.23. The van der Waals surface area contributed by atoms with Crippen molar-refractivity contribution in [1.29, 1.82) is 0 Å². The number of amides is 1. The number of para-hydroxylation sites is 1. The molecule has 3 N–H and O–H groups in total. The summed E-state index contributed by atoms with van der Waals surface area (Å²) >= 11 is 0. The number of carbonyl (C=O) groups is 2. The van der Waals surface area contributed by atoms with Gasteiger partial charge in [-0.3, -0.25) is 19.3 Å². The molecule has 0 radical (unpaired) electrons. The van der Waals surface area contributed by atoms with E-state index in [0.717, 1.165) is 0 Å². The Morgan fingerprint density at radius 3 is 2.37 bits per heavy atom. The highest BCUT2D eigenvalue weighted by Gasteiger charge is 2.21. The lowest BCUT2D eigenvalue weighted by molar-refractivity contribution is -0.155. The Balaban J connectivity index is 1.72. The summed E-state index contributed by atoms with van der Waals surface area (Å²) in [6.07, 6.45) is 1.58. The first-order valence-corrected chi connectivity index (χ1v) is 12.7. The number of ether oxygens (including phenoxy) is 1. The number of hydrogen-bond donors (Lipinski definition) is 2. The van der Waals surface area contributed by atoms with E-state index >= 15 is 0 Å². The number of sulfonamides is 1. The van der Waals surface area contributed by atoms with Crippen molar-refractivity contribution in [2.75, 3.05) is 24.4 Å². The van der Waals surface area contributed by atoms with Gasteiger partial charge in [0.25, 0.3) is 15.9 Å². The van der Waals surface area contributed by atoms with Crippen LogP contribution in [0.4, 0.5) is 5.69 Å². The molecule has 0 saturated carbocycles.